The molecule has 2 fully saturated rings. The van der Waals surface area contributed by atoms with Crippen LogP contribution in [-0.4, -0.2) is 24.7 Å². The molecule has 1 aliphatic carbocycles. The fraction of sp³-hybridized carbons (Fsp3) is 0.538. The first kappa shape index (κ1) is 9.37. The van der Waals surface area contributed by atoms with Crippen LogP contribution in [-0.2, 0) is 6.42 Å². The zero-order chi connectivity index (χ0) is 10.1. The van der Waals surface area contributed by atoms with Crippen LogP contribution in [0.2, 0.25) is 0 Å². The summed E-state index contributed by atoms with van der Waals surface area (Å²) in [6.07, 6.45) is 3.85. The van der Waals surface area contributed by atoms with Gasteiger partial charge in [-0.1, -0.05) is 30.3 Å². The molecule has 1 saturated carbocycles. The van der Waals surface area contributed by atoms with Crippen molar-refractivity contribution in [3.63, 3.8) is 0 Å². The summed E-state index contributed by atoms with van der Waals surface area (Å²) in [4.78, 5) is 0. The molecular formula is C13H18N2. The number of rotatable bonds is 2. The molecule has 2 aliphatic rings. The summed E-state index contributed by atoms with van der Waals surface area (Å²) in [6.45, 7) is 2.24. The van der Waals surface area contributed by atoms with Gasteiger partial charge < -0.3 is 10.6 Å². The number of piperazine rings is 1. The number of nitrogens with one attached hydrogen (secondary N) is 2. The summed E-state index contributed by atoms with van der Waals surface area (Å²) < 4.78 is 0. The van der Waals surface area contributed by atoms with Crippen molar-refractivity contribution in [2.75, 3.05) is 13.1 Å². The van der Waals surface area contributed by atoms with E-state index in [1.807, 2.05) is 0 Å². The highest BCUT2D eigenvalue weighted by Gasteiger charge is 2.49. The molecule has 3 rings (SSSR count). The lowest BCUT2D eigenvalue weighted by Crippen LogP contribution is -2.58. The molecule has 2 nitrogen and oxygen atoms in total. The van der Waals surface area contributed by atoms with Gasteiger partial charge in [-0.05, 0) is 24.8 Å². The third kappa shape index (κ3) is 1.80. The molecule has 1 heterocycles. The molecule has 0 aromatic heterocycles. The molecule has 2 N–H and O–H groups in total. The Morgan fingerprint density at radius 2 is 1.93 bits per heavy atom. The summed E-state index contributed by atoms with van der Waals surface area (Å²) in [5, 5.41) is 7.34. The largest absolute Gasteiger partial charge is 0.311 e. The third-order valence-corrected chi connectivity index (χ3v) is 3.73. The van der Waals surface area contributed by atoms with E-state index in [-0.39, 0.29) is 0 Å². The van der Waals surface area contributed by atoms with E-state index in [4.69, 9.17) is 0 Å². The van der Waals surface area contributed by atoms with E-state index in [0.29, 0.717) is 11.6 Å². The van der Waals surface area contributed by atoms with Crippen molar-refractivity contribution < 1.29 is 0 Å². The maximum atomic E-state index is 3.68. The van der Waals surface area contributed by atoms with E-state index in [0.717, 1.165) is 19.5 Å². The lowest BCUT2D eigenvalue weighted by molar-refractivity contribution is 0.301. The van der Waals surface area contributed by atoms with Gasteiger partial charge in [0.1, 0.15) is 0 Å². The van der Waals surface area contributed by atoms with Crippen LogP contribution in [0.25, 0.3) is 0 Å². The molecule has 80 valence electrons. The molecule has 1 aromatic rings. The van der Waals surface area contributed by atoms with Gasteiger partial charge in [0.2, 0.25) is 0 Å². The van der Waals surface area contributed by atoms with Crippen molar-refractivity contribution in [3.05, 3.63) is 35.9 Å². The van der Waals surface area contributed by atoms with Crippen molar-refractivity contribution in [2.24, 2.45) is 0 Å². The second-order valence-corrected chi connectivity index (χ2v) is 4.78. The molecule has 1 aromatic carbocycles. The van der Waals surface area contributed by atoms with Crippen LogP contribution < -0.4 is 10.6 Å². The topological polar surface area (TPSA) is 24.1 Å². The summed E-state index contributed by atoms with van der Waals surface area (Å²) in [5.74, 6) is 0. The monoisotopic (exact) mass is 202 g/mol. The molecule has 1 atom stereocenters. The minimum atomic E-state index is 0.439. The Balaban J connectivity index is 1.72. The molecular weight excluding hydrogens is 184 g/mol. The SMILES string of the molecule is c1ccc(CC2NCCNC23CC3)cc1. The molecule has 1 aliphatic heterocycles. The summed E-state index contributed by atoms with van der Waals surface area (Å²) >= 11 is 0. The predicted molar refractivity (Wildman–Crippen MR) is 61.9 cm³/mol. The Bertz CT molecular complexity index is 330. The van der Waals surface area contributed by atoms with E-state index in [2.05, 4.69) is 41.0 Å². The zero-order valence-corrected chi connectivity index (χ0v) is 9.00. The molecule has 0 radical (unpaired) electrons. The normalized spacial score (nSPS) is 27.9. The van der Waals surface area contributed by atoms with Crippen LogP contribution in [0.15, 0.2) is 30.3 Å². The van der Waals surface area contributed by atoms with Crippen molar-refractivity contribution in [1.82, 2.24) is 10.6 Å². The highest BCUT2D eigenvalue weighted by molar-refractivity contribution is 5.21. The van der Waals surface area contributed by atoms with E-state index in [9.17, 15) is 0 Å². The quantitative estimate of drug-likeness (QED) is 0.756. The second kappa shape index (κ2) is 3.62. The highest BCUT2D eigenvalue weighted by atomic mass is 15.2. The molecule has 0 amide bonds. The van der Waals surface area contributed by atoms with Crippen molar-refractivity contribution >= 4 is 0 Å². The van der Waals surface area contributed by atoms with Gasteiger partial charge in [-0.3, -0.25) is 0 Å². The summed E-state index contributed by atoms with van der Waals surface area (Å²) in [6, 6.07) is 11.4. The van der Waals surface area contributed by atoms with Crippen LogP contribution in [0.3, 0.4) is 0 Å². The van der Waals surface area contributed by atoms with Crippen LogP contribution in [0.4, 0.5) is 0 Å². The Kier molecular flexibility index (Phi) is 2.26. The van der Waals surface area contributed by atoms with Crippen molar-refractivity contribution in [2.45, 2.75) is 30.8 Å². The Labute approximate surface area is 91.1 Å². The first-order valence-corrected chi connectivity index (χ1v) is 5.91. The van der Waals surface area contributed by atoms with Gasteiger partial charge in [0.05, 0.1) is 0 Å². The van der Waals surface area contributed by atoms with Gasteiger partial charge in [0, 0.05) is 24.7 Å². The predicted octanol–water partition coefficient (Wildman–Crippen LogP) is 1.32. The van der Waals surface area contributed by atoms with Crippen LogP contribution in [0, 0.1) is 0 Å². The van der Waals surface area contributed by atoms with Gasteiger partial charge in [-0.25, -0.2) is 0 Å². The van der Waals surface area contributed by atoms with Gasteiger partial charge >= 0.3 is 0 Å². The average molecular weight is 202 g/mol. The van der Waals surface area contributed by atoms with E-state index in [1.165, 1.54) is 18.4 Å². The third-order valence-electron chi connectivity index (χ3n) is 3.73. The molecule has 15 heavy (non-hydrogen) atoms. The fourth-order valence-electron chi connectivity index (χ4n) is 2.65. The second-order valence-electron chi connectivity index (χ2n) is 4.78. The number of hydrogen-bond donors (Lipinski definition) is 2. The van der Waals surface area contributed by atoms with Crippen LogP contribution in [0.5, 0.6) is 0 Å². The lowest BCUT2D eigenvalue weighted by atomic mass is 9.96. The van der Waals surface area contributed by atoms with Crippen LogP contribution in [0.1, 0.15) is 18.4 Å². The Morgan fingerprint density at radius 3 is 2.67 bits per heavy atom. The minimum Gasteiger partial charge on any atom is -0.311 e. The van der Waals surface area contributed by atoms with Crippen molar-refractivity contribution in [1.29, 1.82) is 0 Å². The Morgan fingerprint density at radius 1 is 1.13 bits per heavy atom. The molecule has 1 spiro atoms. The zero-order valence-electron chi connectivity index (χ0n) is 9.00. The number of hydrogen-bond acceptors (Lipinski definition) is 2. The molecule has 0 bridgehead atoms. The number of benzene rings is 1. The Hall–Kier alpha value is -0.860. The van der Waals surface area contributed by atoms with E-state index >= 15 is 0 Å². The molecule has 1 saturated heterocycles. The average Bonchev–Trinajstić information content (AvgIpc) is 3.04. The fourth-order valence-corrected chi connectivity index (χ4v) is 2.65. The smallest absolute Gasteiger partial charge is 0.0340 e. The van der Waals surface area contributed by atoms with Crippen LogP contribution >= 0.6 is 0 Å². The van der Waals surface area contributed by atoms with Gasteiger partial charge in [-0.2, -0.15) is 0 Å². The van der Waals surface area contributed by atoms with Gasteiger partial charge in [0.15, 0.2) is 0 Å². The standard InChI is InChI=1S/C13H18N2/c1-2-4-11(5-3-1)10-12-13(6-7-13)15-9-8-14-12/h1-5,12,14-15H,6-10H2. The van der Waals surface area contributed by atoms with E-state index < -0.39 is 0 Å². The molecule has 1 unspecified atom stereocenters. The first-order valence-electron chi connectivity index (χ1n) is 5.91. The first-order chi connectivity index (χ1) is 7.39. The summed E-state index contributed by atoms with van der Waals surface area (Å²) in [5.41, 5.74) is 1.89. The van der Waals surface area contributed by atoms with Gasteiger partial charge in [0.25, 0.3) is 0 Å². The molecule has 2 heteroatoms. The summed E-state index contributed by atoms with van der Waals surface area (Å²) in [7, 11) is 0. The maximum Gasteiger partial charge on any atom is 0.0340 e. The van der Waals surface area contributed by atoms with Crippen molar-refractivity contribution in [3.8, 4) is 0 Å². The lowest BCUT2D eigenvalue weighted by Gasteiger charge is -2.34. The van der Waals surface area contributed by atoms with Gasteiger partial charge in [-0.15, -0.1) is 0 Å². The highest BCUT2D eigenvalue weighted by Crippen LogP contribution is 2.40. The van der Waals surface area contributed by atoms with E-state index in [1.54, 1.807) is 0 Å². The minimum absolute atomic E-state index is 0.439. The maximum absolute atomic E-state index is 3.68.